The predicted molar refractivity (Wildman–Crippen MR) is 279 cm³/mol. The van der Waals surface area contributed by atoms with Crippen molar-refractivity contribution in [2.75, 3.05) is 59.2 Å². The molecule has 1 aliphatic carbocycles. The Morgan fingerprint density at radius 3 is 1.82 bits per heavy atom. The zero-order valence-corrected chi connectivity index (χ0v) is 44.2. The zero-order chi connectivity index (χ0) is 54.4. The Kier molecular flexibility index (Phi) is 34.6. The fourth-order valence-corrected chi connectivity index (χ4v) is 6.26. The van der Waals surface area contributed by atoms with Gasteiger partial charge in [-0.05, 0) is 55.2 Å². The summed E-state index contributed by atoms with van der Waals surface area (Å²) in [5.74, 6) is -2.54. The first kappa shape index (κ1) is 64.8. The molecule has 0 aliphatic heterocycles. The summed E-state index contributed by atoms with van der Waals surface area (Å²) < 4.78 is 0. The average Bonchev–Trinajstić information content (AvgIpc) is 3.37. The van der Waals surface area contributed by atoms with Crippen LogP contribution in [0.1, 0.15) is 116 Å². The minimum atomic E-state index is -1.00. The second kappa shape index (κ2) is 38.5. The van der Waals surface area contributed by atoms with Crippen molar-refractivity contribution in [2.24, 2.45) is 17.8 Å². The standard InChI is InChI=1S/C16H23N5O3.C16H20N4O5.C13H20N2O.C4H10.C3H8/c1-17-13(22)10-20-16(24)14(11-5-3-2-4-6-11)21-15(23)12-9-18-7-8-19-12;1-20(2)16(25)14(11-6-4-3-5-7-11)19-13(23)9-18-15(24)12(22)8-17-10-21;1-4-15(10-11(2)3)13(16)14-12-8-6-5-7-9-12;1-4(2)3;1-3-2/h7-9,11,14H,2-6,10H2,1H3,(H,17,22)(H,20,24)(H,21,23);3-7,10,14H,8-9H2,1-2H3,(H,17,21)(H,18,24)(H,19,23);5-9,11H,4,10H2,1-3H3,(H,14,16);4H,1-3H3;3H2,1-2H3/t;14-;;;/m.0.../s1. The van der Waals surface area contributed by atoms with Crippen molar-refractivity contribution in [1.82, 2.24) is 51.7 Å². The molecule has 0 bridgehead atoms. The number of ketones is 1. The van der Waals surface area contributed by atoms with Crippen LogP contribution in [-0.4, -0.2) is 133 Å². The minimum Gasteiger partial charge on any atom is -0.358 e. The molecule has 72 heavy (non-hydrogen) atoms. The van der Waals surface area contributed by atoms with Crippen LogP contribution in [0.3, 0.4) is 0 Å². The number of benzene rings is 2. The van der Waals surface area contributed by atoms with E-state index in [0.29, 0.717) is 11.5 Å². The van der Waals surface area contributed by atoms with Gasteiger partial charge in [0.15, 0.2) is 0 Å². The van der Waals surface area contributed by atoms with Crippen molar-refractivity contribution in [3.05, 3.63) is 90.5 Å². The predicted octanol–water partition coefficient (Wildman–Crippen LogP) is 4.66. The number of carbonyl (C=O) groups excluding carboxylic acids is 9. The molecule has 1 fully saturated rings. The normalized spacial score (nSPS) is 12.2. The van der Waals surface area contributed by atoms with Crippen molar-refractivity contribution < 1.29 is 43.2 Å². The highest BCUT2D eigenvalue weighted by molar-refractivity contribution is 6.37. The van der Waals surface area contributed by atoms with Crippen LogP contribution in [0.15, 0.2) is 79.3 Å². The number of urea groups is 1. The first-order chi connectivity index (χ1) is 34.3. The molecule has 1 heterocycles. The van der Waals surface area contributed by atoms with Crippen molar-refractivity contribution in [3.63, 3.8) is 0 Å². The fourth-order valence-electron chi connectivity index (χ4n) is 6.26. The van der Waals surface area contributed by atoms with Crippen LogP contribution in [0.5, 0.6) is 0 Å². The number of hydrogen-bond acceptors (Lipinski definition) is 11. The quantitative estimate of drug-likeness (QED) is 0.0642. The molecule has 1 aromatic heterocycles. The lowest BCUT2D eigenvalue weighted by molar-refractivity contribution is -0.138. The first-order valence-electron chi connectivity index (χ1n) is 24.5. The van der Waals surface area contributed by atoms with E-state index in [9.17, 15) is 43.2 Å². The maximum absolute atomic E-state index is 12.5. The van der Waals surface area contributed by atoms with E-state index in [0.717, 1.165) is 56.8 Å². The Bertz CT molecular complexity index is 2050. The summed E-state index contributed by atoms with van der Waals surface area (Å²) in [6.07, 6.45) is 10.8. The van der Waals surface area contributed by atoms with Crippen molar-refractivity contribution in [1.29, 1.82) is 0 Å². The molecule has 2 aromatic carbocycles. The van der Waals surface area contributed by atoms with E-state index in [4.69, 9.17) is 0 Å². The smallest absolute Gasteiger partial charge is 0.321 e. The van der Waals surface area contributed by atoms with Gasteiger partial charge in [0, 0.05) is 52.3 Å². The van der Waals surface area contributed by atoms with Gasteiger partial charge in [-0.2, -0.15) is 0 Å². The molecule has 0 saturated heterocycles. The van der Waals surface area contributed by atoms with Gasteiger partial charge in [-0.3, -0.25) is 43.3 Å². The molecule has 1 saturated carbocycles. The Labute approximate surface area is 426 Å². The summed E-state index contributed by atoms with van der Waals surface area (Å²) in [4.78, 5) is 116. The molecule has 1 aliphatic rings. The van der Waals surface area contributed by atoms with Crippen molar-refractivity contribution in [2.45, 2.75) is 106 Å². The second-order valence-electron chi connectivity index (χ2n) is 17.7. The van der Waals surface area contributed by atoms with Crippen molar-refractivity contribution >= 4 is 59.4 Å². The maximum atomic E-state index is 12.5. The van der Waals surface area contributed by atoms with Gasteiger partial charge in [-0.25, -0.2) is 9.78 Å². The molecule has 398 valence electrons. The van der Waals surface area contributed by atoms with Crippen LogP contribution in [-0.2, 0) is 33.6 Å². The third-order valence-electron chi connectivity index (χ3n) is 9.60. The number of anilines is 1. The number of carbonyl (C=O) groups is 9. The monoisotopic (exact) mass is 1000 g/mol. The molecule has 4 rings (SSSR count). The summed E-state index contributed by atoms with van der Waals surface area (Å²) in [5.41, 5.74) is 1.60. The third-order valence-corrected chi connectivity index (χ3v) is 9.60. The lowest BCUT2D eigenvalue weighted by Crippen LogP contribution is -2.52. The fraction of sp³-hybridized carbons (Fsp3) is 0.519. The van der Waals surface area contributed by atoms with Gasteiger partial charge in [0.2, 0.25) is 35.8 Å². The van der Waals surface area contributed by atoms with Crippen LogP contribution in [0.25, 0.3) is 0 Å². The largest absolute Gasteiger partial charge is 0.358 e. The van der Waals surface area contributed by atoms with Crippen LogP contribution < -0.4 is 37.2 Å². The van der Waals surface area contributed by atoms with E-state index in [2.05, 4.69) is 95.7 Å². The summed E-state index contributed by atoms with van der Waals surface area (Å²) in [7, 11) is 4.62. The molecular weight excluding hydrogens is 923 g/mol. The number of likely N-dealkylation sites (N-methyl/N-ethyl adjacent to an activating group) is 2. The topological polar surface area (TPSA) is 270 Å². The van der Waals surface area contributed by atoms with Gasteiger partial charge in [-0.1, -0.05) is 123 Å². The number of Topliss-reactive ketones (excluding diaryl/α,β-unsaturated/α-hetero) is 1. The molecule has 0 radical (unpaired) electrons. The summed E-state index contributed by atoms with van der Waals surface area (Å²) in [6.45, 7) is 17.4. The molecule has 2 atom stereocenters. The van der Waals surface area contributed by atoms with E-state index in [1.165, 1.54) is 37.0 Å². The molecule has 1 unspecified atom stereocenters. The van der Waals surface area contributed by atoms with E-state index in [-0.39, 0.29) is 48.3 Å². The van der Waals surface area contributed by atoms with Crippen LogP contribution in [0, 0.1) is 17.8 Å². The van der Waals surface area contributed by atoms with E-state index in [1.54, 1.807) is 44.4 Å². The van der Waals surface area contributed by atoms with Gasteiger partial charge in [0.1, 0.15) is 17.8 Å². The number of nitrogens with one attached hydrogen (secondary N) is 7. The minimum absolute atomic E-state index is 0.0256. The molecule has 9 amide bonds. The van der Waals surface area contributed by atoms with Crippen LogP contribution in [0.4, 0.5) is 10.5 Å². The summed E-state index contributed by atoms with van der Waals surface area (Å²) >= 11 is 0. The van der Waals surface area contributed by atoms with Crippen molar-refractivity contribution in [3.8, 4) is 0 Å². The SMILES string of the molecule is CC(C)C.CCC.CCN(CC(C)C)C(=O)Nc1ccccc1.CN(C)C(=O)[C@@H](NC(=O)CNC(=O)C(=O)CNC=O)c1ccccc1.CNC(=O)CNC(=O)C(NC(=O)c1cnccn1)C1CCCCC1. The molecule has 0 spiro atoms. The van der Waals surface area contributed by atoms with E-state index < -0.39 is 48.7 Å². The number of aromatic nitrogens is 2. The van der Waals surface area contributed by atoms with E-state index >= 15 is 0 Å². The van der Waals surface area contributed by atoms with Gasteiger partial charge < -0.3 is 47.0 Å². The van der Waals surface area contributed by atoms with Gasteiger partial charge in [-0.15, -0.1) is 0 Å². The Balaban J connectivity index is 0.00000100. The van der Waals surface area contributed by atoms with Crippen LogP contribution in [0.2, 0.25) is 0 Å². The second-order valence-corrected chi connectivity index (χ2v) is 17.7. The highest BCUT2D eigenvalue weighted by Crippen LogP contribution is 2.27. The molecule has 20 nitrogen and oxygen atoms in total. The lowest BCUT2D eigenvalue weighted by Gasteiger charge is -2.29. The highest BCUT2D eigenvalue weighted by Gasteiger charge is 2.32. The van der Waals surface area contributed by atoms with Crippen LogP contribution >= 0.6 is 0 Å². The average molecular weight is 1000 g/mol. The number of amides is 9. The first-order valence-corrected chi connectivity index (χ1v) is 24.5. The molecule has 7 N–H and O–H groups in total. The van der Waals surface area contributed by atoms with Gasteiger partial charge in [0.05, 0.1) is 25.8 Å². The summed E-state index contributed by atoms with van der Waals surface area (Å²) in [5, 5.41) is 17.4. The Morgan fingerprint density at radius 1 is 0.750 bits per heavy atom. The summed E-state index contributed by atoms with van der Waals surface area (Å²) in [6, 6.07) is 16.6. The highest BCUT2D eigenvalue weighted by atomic mass is 16.2. The number of rotatable bonds is 19. The zero-order valence-electron chi connectivity index (χ0n) is 44.2. The number of para-hydroxylation sites is 1. The lowest BCUT2D eigenvalue weighted by atomic mass is 9.83. The number of hydrogen-bond donors (Lipinski definition) is 7. The maximum Gasteiger partial charge on any atom is 0.321 e. The van der Waals surface area contributed by atoms with Gasteiger partial charge >= 0.3 is 6.03 Å². The Hall–Kier alpha value is -7.25. The van der Waals surface area contributed by atoms with E-state index in [1.807, 2.05) is 42.2 Å². The third kappa shape index (κ3) is 29.1. The van der Waals surface area contributed by atoms with Gasteiger partial charge in [0.25, 0.3) is 11.8 Å². The number of nitrogens with zero attached hydrogens (tertiary/aromatic N) is 4. The molecule has 3 aromatic rings. The molecule has 20 heteroatoms. The molecular formula is C52H81N11O9. The Morgan fingerprint density at radius 2 is 1.32 bits per heavy atom.